The van der Waals surface area contributed by atoms with Crippen molar-refractivity contribution >= 4 is 11.8 Å². The number of phenolic OH excluding ortho intramolecular Hbond substituents is 1. The minimum Gasteiger partial charge on any atom is -0.508 e. The number of hydrogen-bond acceptors (Lipinski definition) is 5. The molecule has 1 aliphatic heterocycles. The highest BCUT2D eigenvalue weighted by Gasteiger charge is 2.43. The molecule has 0 bridgehead atoms. The summed E-state index contributed by atoms with van der Waals surface area (Å²) in [6.45, 7) is 1.86. The highest BCUT2D eigenvalue weighted by atomic mass is 16.5. The van der Waals surface area contributed by atoms with E-state index in [0.29, 0.717) is 18.4 Å². The van der Waals surface area contributed by atoms with Crippen LogP contribution in [0.5, 0.6) is 5.75 Å². The molecule has 0 spiro atoms. The van der Waals surface area contributed by atoms with Crippen molar-refractivity contribution in [2.24, 2.45) is 5.92 Å². The summed E-state index contributed by atoms with van der Waals surface area (Å²) in [6.07, 6.45) is 8.32. The number of ketones is 1. The maximum Gasteiger partial charge on any atom is 0.336 e. The fourth-order valence-electron chi connectivity index (χ4n) is 4.76. The standard InChI is InChI=1S/C23H27NO4/c1-14-20(23(27)28-17-9-3-2-4-10-17)21(15-7-5-8-16(25)13-15)22-18(24-14)11-6-12-19(22)26/h5,7-8,11,13,17,21-22,24-25H,2-4,6,9-10,12H2,1H3. The molecule has 0 amide bonds. The van der Waals surface area contributed by atoms with Crippen molar-refractivity contribution in [3.8, 4) is 5.75 Å². The van der Waals surface area contributed by atoms with Crippen molar-refractivity contribution < 1.29 is 19.4 Å². The number of hydrogen-bond donors (Lipinski definition) is 2. The predicted octanol–water partition coefficient (Wildman–Crippen LogP) is 4.09. The number of aromatic hydroxyl groups is 1. The van der Waals surface area contributed by atoms with Crippen molar-refractivity contribution in [3.63, 3.8) is 0 Å². The Balaban J connectivity index is 1.74. The van der Waals surface area contributed by atoms with Gasteiger partial charge in [-0.3, -0.25) is 4.79 Å². The van der Waals surface area contributed by atoms with Crippen molar-refractivity contribution in [2.75, 3.05) is 0 Å². The second kappa shape index (κ2) is 7.82. The molecule has 28 heavy (non-hydrogen) atoms. The summed E-state index contributed by atoms with van der Waals surface area (Å²) in [5.41, 5.74) is 2.86. The van der Waals surface area contributed by atoms with E-state index in [0.717, 1.165) is 42.6 Å². The van der Waals surface area contributed by atoms with Gasteiger partial charge in [0.1, 0.15) is 17.6 Å². The van der Waals surface area contributed by atoms with Crippen LogP contribution in [0, 0.1) is 5.92 Å². The second-order valence-electron chi connectivity index (χ2n) is 8.04. The smallest absolute Gasteiger partial charge is 0.336 e. The van der Waals surface area contributed by atoms with E-state index < -0.39 is 11.8 Å². The highest BCUT2D eigenvalue weighted by Crippen LogP contribution is 2.44. The zero-order chi connectivity index (χ0) is 19.7. The molecule has 1 saturated carbocycles. The Morgan fingerprint density at radius 3 is 2.71 bits per heavy atom. The normalized spacial score (nSPS) is 25.6. The van der Waals surface area contributed by atoms with Gasteiger partial charge in [0.05, 0.1) is 11.5 Å². The van der Waals surface area contributed by atoms with Crippen LogP contribution in [-0.2, 0) is 14.3 Å². The predicted molar refractivity (Wildman–Crippen MR) is 105 cm³/mol. The van der Waals surface area contributed by atoms with Crippen molar-refractivity contribution in [3.05, 3.63) is 52.9 Å². The van der Waals surface area contributed by atoms with E-state index in [1.54, 1.807) is 18.2 Å². The molecular weight excluding hydrogens is 354 g/mol. The van der Waals surface area contributed by atoms with Crippen LogP contribution < -0.4 is 5.32 Å². The van der Waals surface area contributed by atoms with Gasteiger partial charge in [-0.15, -0.1) is 0 Å². The molecule has 0 aromatic heterocycles. The van der Waals surface area contributed by atoms with Crippen LogP contribution in [0.25, 0.3) is 0 Å². The number of Topliss-reactive ketones (excluding diaryl/α,β-unsaturated/α-hetero) is 1. The quantitative estimate of drug-likeness (QED) is 0.771. The number of esters is 1. The van der Waals surface area contributed by atoms with E-state index in [-0.39, 0.29) is 23.6 Å². The average molecular weight is 381 g/mol. The number of nitrogens with one attached hydrogen (secondary N) is 1. The molecule has 2 atom stereocenters. The molecule has 0 radical (unpaired) electrons. The Hall–Kier alpha value is -2.56. The van der Waals surface area contributed by atoms with E-state index in [1.165, 1.54) is 6.42 Å². The van der Waals surface area contributed by atoms with Crippen LogP contribution in [0.3, 0.4) is 0 Å². The fourth-order valence-corrected chi connectivity index (χ4v) is 4.76. The Bertz CT molecular complexity index is 848. The first-order chi connectivity index (χ1) is 13.5. The molecule has 1 aromatic rings. The van der Waals surface area contributed by atoms with Gasteiger partial charge in [-0.05, 0) is 56.7 Å². The molecule has 3 aliphatic rings. The molecule has 2 N–H and O–H groups in total. The summed E-state index contributed by atoms with van der Waals surface area (Å²) in [5.74, 6) is -0.976. The minimum absolute atomic E-state index is 0.0506. The summed E-state index contributed by atoms with van der Waals surface area (Å²) >= 11 is 0. The number of benzene rings is 1. The first-order valence-electron chi connectivity index (χ1n) is 10.2. The van der Waals surface area contributed by atoms with Crippen molar-refractivity contribution in [2.45, 2.75) is 63.9 Å². The van der Waals surface area contributed by atoms with Crippen LogP contribution in [0.4, 0.5) is 0 Å². The maximum atomic E-state index is 13.2. The average Bonchev–Trinajstić information content (AvgIpc) is 2.68. The Kier molecular flexibility index (Phi) is 5.25. The zero-order valence-corrected chi connectivity index (χ0v) is 16.2. The monoisotopic (exact) mass is 381 g/mol. The lowest BCUT2D eigenvalue weighted by molar-refractivity contribution is -0.146. The number of ether oxygens (including phenoxy) is 1. The third-order valence-corrected chi connectivity index (χ3v) is 6.09. The number of carbonyl (C=O) groups is 2. The first kappa shape index (κ1) is 18.8. The lowest BCUT2D eigenvalue weighted by atomic mass is 9.71. The molecule has 1 heterocycles. The lowest BCUT2D eigenvalue weighted by Crippen LogP contribution is -2.41. The zero-order valence-electron chi connectivity index (χ0n) is 16.2. The second-order valence-corrected chi connectivity index (χ2v) is 8.04. The highest BCUT2D eigenvalue weighted by molar-refractivity contribution is 5.96. The van der Waals surface area contributed by atoms with Crippen molar-refractivity contribution in [1.29, 1.82) is 0 Å². The third-order valence-electron chi connectivity index (χ3n) is 6.09. The van der Waals surface area contributed by atoms with Crippen LogP contribution in [0.2, 0.25) is 0 Å². The first-order valence-corrected chi connectivity index (χ1v) is 10.2. The fraction of sp³-hybridized carbons (Fsp3) is 0.478. The number of fused-ring (bicyclic) bond motifs is 1. The molecule has 2 aliphatic carbocycles. The Morgan fingerprint density at radius 2 is 1.96 bits per heavy atom. The van der Waals surface area contributed by atoms with Gasteiger partial charge in [0.25, 0.3) is 0 Å². The van der Waals surface area contributed by atoms with E-state index in [2.05, 4.69) is 11.4 Å². The van der Waals surface area contributed by atoms with Gasteiger partial charge >= 0.3 is 5.97 Å². The topological polar surface area (TPSA) is 75.6 Å². The number of allylic oxidation sites excluding steroid dienone is 3. The van der Waals surface area contributed by atoms with Crippen LogP contribution in [0.1, 0.15) is 63.4 Å². The molecule has 0 saturated heterocycles. The summed E-state index contributed by atoms with van der Waals surface area (Å²) in [4.78, 5) is 26.1. The third kappa shape index (κ3) is 3.58. The summed E-state index contributed by atoms with van der Waals surface area (Å²) in [6, 6.07) is 6.87. The summed E-state index contributed by atoms with van der Waals surface area (Å²) in [5, 5.41) is 13.3. The largest absolute Gasteiger partial charge is 0.508 e. The van der Waals surface area contributed by atoms with Gasteiger partial charge in [0.2, 0.25) is 0 Å². The van der Waals surface area contributed by atoms with Gasteiger partial charge in [0, 0.05) is 23.7 Å². The van der Waals surface area contributed by atoms with E-state index >= 15 is 0 Å². The van der Waals surface area contributed by atoms with Gasteiger partial charge in [0.15, 0.2) is 0 Å². The molecule has 148 valence electrons. The van der Waals surface area contributed by atoms with Crippen LogP contribution in [0.15, 0.2) is 47.3 Å². The van der Waals surface area contributed by atoms with E-state index in [9.17, 15) is 14.7 Å². The Labute approximate surface area is 165 Å². The van der Waals surface area contributed by atoms with Crippen LogP contribution in [-0.4, -0.2) is 23.0 Å². The molecule has 1 fully saturated rings. The summed E-state index contributed by atoms with van der Waals surface area (Å²) < 4.78 is 5.87. The molecule has 1 aromatic carbocycles. The van der Waals surface area contributed by atoms with Crippen LogP contribution >= 0.6 is 0 Å². The van der Waals surface area contributed by atoms with Gasteiger partial charge in [-0.2, -0.15) is 0 Å². The molecule has 4 rings (SSSR count). The van der Waals surface area contributed by atoms with Gasteiger partial charge < -0.3 is 15.2 Å². The van der Waals surface area contributed by atoms with Gasteiger partial charge in [-0.25, -0.2) is 4.79 Å². The minimum atomic E-state index is -0.441. The maximum absolute atomic E-state index is 13.2. The van der Waals surface area contributed by atoms with E-state index in [4.69, 9.17) is 4.74 Å². The number of rotatable bonds is 3. The molecular formula is C23H27NO4. The number of carbonyl (C=O) groups excluding carboxylic acids is 2. The lowest BCUT2D eigenvalue weighted by Gasteiger charge is -2.38. The Morgan fingerprint density at radius 1 is 1.18 bits per heavy atom. The van der Waals surface area contributed by atoms with E-state index in [1.807, 2.05) is 13.0 Å². The SMILES string of the molecule is CC1=C(C(=O)OC2CCCCC2)C(c2cccc(O)c2)C2C(=O)CCC=C2N1. The molecule has 5 nitrogen and oxygen atoms in total. The summed E-state index contributed by atoms with van der Waals surface area (Å²) in [7, 11) is 0. The van der Waals surface area contributed by atoms with Gasteiger partial charge in [-0.1, -0.05) is 24.6 Å². The molecule has 2 unspecified atom stereocenters. The van der Waals surface area contributed by atoms with Crippen molar-refractivity contribution in [1.82, 2.24) is 5.32 Å². The number of phenols is 1. The molecule has 5 heteroatoms.